The van der Waals surface area contributed by atoms with Crippen LogP contribution in [0.25, 0.3) is 17.4 Å². The van der Waals surface area contributed by atoms with Crippen molar-refractivity contribution >= 4 is 75.1 Å². The first kappa shape index (κ1) is 21.6. The molecule has 1 N–H and O–H groups in total. The number of benzene rings is 2. The lowest BCUT2D eigenvalue weighted by Gasteiger charge is -2.17. The number of hydrogen-bond donors (Lipinski definition) is 1. The fraction of sp³-hybridized carbons (Fsp3) is 0.0455. The highest BCUT2D eigenvalue weighted by Crippen LogP contribution is 2.39. The van der Waals surface area contributed by atoms with Gasteiger partial charge < -0.3 is 9.52 Å². The zero-order valence-electron chi connectivity index (χ0n) is 15.9. The van der Waals surface area contributed by atoms with Crippen molar-refractivity contribution in [1.29, 1.82) is 0 Å². The Morgan fingerprint density at radius 1 is 1.16 bits per heavy atom. The van der Waals surface area contributed by atoms with Gasteiger partial charge in [-0.15, -0.1) is 0 Å². The molecular formula is C22H13Cl2NO4S2. The fourth-order valence-electron chi connectivity index (χ4n) is 3.09. The molecule has 0 bridgehead atoms. The van der Waals surface area contributed by atoms with Gasteiger partial charge in [-0.3, -0.25) is 9.69 Å². The van der Waals surface area contributed by atoms with E-state index < -0.39 is 5.97 Å². The molecule has 4 rings (SSSR count). The molecule has 2 heterocycles. The highest BCUT2D eigenvalue weighted by Gasteiger charge is 2.34. The van der Waals surface area contributed by atoms with E-state index >= 15 is 0 Å². The van der Waals surface area contributed by atoms with Crippen molar-refractivity contribution < 1.29 is 19.1 Å². The minimum Gasteiger partial charge on any atom is -0.478 e. The van der Waals surface area contributed by atoms with E-state index in [-0.39, 0.29) is 11.5 Å². The van der Waals surface area contributed by atoms with E-state index in [9.17, 15) is 14.7 Å². The largest absolute Gasteiger partial charge is 0.478 e. The first-order chi connectivity index (χ1) is 14.8. The average molecular weight is 490 g/mol. The number of furan rings is 1. The molecule has 1 saturated heterocycles. The van der Waals surface area contributed by atoms with Crippen LogP contribution in [0.15, 0.2) is 57.9 Å². The predicted octanol–water partition coefficient (Wildman–Crippen LogP) is 6.67. The summed E-state index contributed by atoms with van der Waals surface area (Å²) in [6.45, 7) is 1.79. The molecule has 156 valence electrons. The van der Waals surface area contributed by atoms with Crippen LogP contribution in [-0.2, 0) is 4.79 Å². The number of aromatic carboxylic acids is 1. The Morgan fingerprint density at radius 3 is 2.55 bits per heavy atom. The van der Waals surface area contributed by atoms with Gasteiger partial charge in [0, 0.05) is 6.08 Å². The Kier molecular flexibility index (Phi) is 5.94. The van der Waals surface area contributed by atoms with E-state index in [1.54, 1.807) is 49.4 Å². The van der Waals surface area contributed by atoms with E-state index in [4.69, 9.17) is 39.8 Å². The van der Waals surface area contributed by atoms with Crippen LogP contribution in [0, 0.1) is 6.92 Å². The van der Waals surface area contributed by atoms with E-state index in [0.717, 1.165) is 17.3 Å². The van der Waals surface area contributed by atoms with Crippen LogP contribution < -0.4 is 4.90 Å². The van der Waals surface area contributed by atoms with Crippen LogP contribution in [0.1, 0.15) is 21.7 Å². The van der Waals surface area contributed by atoms with Crippen molar-refractivity contribution in [1.82, 2.24) is 0 Å². The lowest BCUT2D eigenvalue weighted by molar-refractivity contribution is -0.113. The van der Waals surface area contributed by atoms with Crippen LogP contribution in [0.3, 0.4) is 0 Å². The molecular weight excluding hydrogens is 477 g/mol. The minimum atomic E-state index is -1.08. The molecule has 1 fully saturated rings. The standard InChI is InChI=1S/C22H13Cl2NO4S2/c1-11-5-6-12(21(27)28)9-16(11)25-20(26)18(31-22(25)30)10-13-7-8-17(29-13)19-14(23)3-2-4-15(19)24/h2-10H,1H3,(H,27,28). The summed E-state index contributed by atoms with van der Waals surface area (Å²) in [5.41, 5.74) is 1.81. The smallest absolute Gasteiger partial charge is 0.335 e. The van der Waals surface area contributed by atoms with Gasteiger partial charge in [0.15, 0.2) is 4.32 Å². The first-order valence-corrected chi connectivity index (χ1v) is 10.9. The Morgan fingerprint density at radius 2 is 1.87 bits per heavy atom. The summed E-state index contributed by atoms with van der Waals surface area (Å²) in [7, 11) is 0. The molecule has 0 spiro atoms. The summed E-state index contributed by atoms with van der Waals surface area (Å²) in [5.74, 6) is -0.525. The number of aryl methyl sites for hydroxylation is 1. The summed E-state index contributed by atoms with van der Waals surface area (Å²) in [6.07, 6.45) is 1.59. The summed E-state index contributed by atoms with van der Waals surface area (Å²) in [6, 6.07) is 13.2. The van der Waals surface area contributed by atoms with Crippen molar-refractivity contribution in [3.8, 4) is 11.3 Å². The molecule has 0 atom stereocenters. The number of carbonyl (C=O) groups is 2. The number of thioether (sulfide) groups is 1. The van der Waals surface area contributed by atoms with E-state index in [2.05, 4.69) is 0 Å². The summed E-state index contributed by atoms with van der Waals surface area (Å²) < 4.78 is 6.15. The molecule has 9 heteroatoms. The molecule has 0 radical (unpaired) electrons. The molecule has 2 aromatic carbocycles. The van der Waals surface area contributed by atoms with Crippen molar-refractivity contribution in [3.63, 3.8) is 0 Å². The minimum absolute atomic E-state index is 0.0749. The maximum absolute atomic E-state index is 13.1. The monoisotopic (exact) mass is 489 g/mol. The third-order valence-electron chi connectivity index (χ3n) is 4.60. The molecule has 0 saturated carbocycles. The third-order valence-corrected chi connectivity index (χ3v) is 6.53. The molecule has 0 aliphatic carbocycles. The quantitative estimate of drug-likeness (QED) is 0.326. The molecule has 1 amide bonds. The highest BCUT2D eigenvalue weighted by atomic mass is 35.5. The second-order valence-electron chi connectivity index (χ2n) is 6.62. The normalized spacial score (nSPS) is 15.2. The molecule has 5 nitrogen and oxygen atoms in total. The summed E-state index contributed by atoms with van der Waals surface area (Å²) >= 11 is 19.0. The van der Waals surface area contributed by atoms with Crippen molar-refractivity contribution in [2.75, 3.05) is 4.90 Å². The topological polar surface area (TPSA) is 70.8 Å². The Bertz CT molecular complexity index is 1260. The van der Waals surface area contributed by atoms with E-state index in [1.165, 1.54) is 17.0 Å². The zero-order valence-corrected chi connectivity index (χ0v) is 19.0. The Labute approximate surface area is 197 Å². The zero-order chi connectivity index (χ0) is 22.3. The van der Waals surface area contributed by atoms with Crippen LogP contribution in [0.4, 0.5) is 5.69 Å². The fourth-order valence-corrected chi connectivity index (χ4v) is 4.93. The Balaban J connectivity index is 1.67. The number of carbonyl (C=O) groups excluding carboxylic acids is 1. The predicted molar refractivity (Wildman–Crippen MR) is 128 cm³/mol. The van der Waals surface area contributed by atoms with Crippen molar-refractivity contribution in [2.24, 2.45) is 0 Å². The maximum atomic E-state index is 13.1. The second-order valence-corrected chi connectivity index (χ2v) is 9.11. The maximum Gasteiger partial charge on any atom is 0.335 e. The van der Waals surface area contributed by atoms with Crippen molar-refractivity contribution in [2.45, 2.75) is 6.92 Å². The third kappa shape index (κ3) is 4.14. The van der Waals surface area contributed by atoms with E-state index in [0.29, 0.717) is 42.0 Å². The van der Waals surface area contributed by atoms with Gasteiger partial charge in [-0.2, -0.15) is 0 Å². The number of rotatable bonds is 4. The number of anilines is 1. The van der Waals surface area contributed by atoms with Gasteiger partial charge in [0.25, 0.3) is 5.91 Å². The van der Waals surface area contributed by atoms with Crippen LogP contribution in [0.5, 0.6) is 0 Å². The highest BCUT2D eigenvalue weighted by molar-refractivity contribution is 8.27. The number of carboxylic acids is 1. The van der Waals surface area contributed by atoms with Crippen LogP contribution in [-0.4, -0.2) is 21.3 Å². The molecule has 3 aromatic rings. The van der Waals surface area contributed by atoms with Gasteiger partial charge in [0.05, 0.1) is 31.8 Å². The number of thiocarbonyl (C=S) groups is 1. The van der Waals surface area contributed by atoms with Gasteiger partial charge in [-0.1, -0.05) is 59.3 Å². The van der Waals surface area contributed by atoms with Gasteiger partial charge in [0.2, 0.25) is 0 Å². The number of carboxylic acid groups (broad SMARTS) is 1. The van der Waals surface area contributed by atoms with Gasteiger partial charge in [-0.05, 0) is 48.9 Å². The molecule has 1 aliphatic heterocycles. The molecule has 31 heavy (non-hydrogen) atoms. The molecule has 1 aromatic heterocycles. The van der Waals surface area contributed by atoms with Gasteiger partial charge in [0.1, 0.15) is 11.5 Å². The van der Waals surface area contributed by atoms with E-state index in [1.807, 2.05) is 0 Å². The lowest BCUT2D eigenvalue weighted by atomic mass is 10.1. The second kappa shape index (κ2) is 8.51. The van der Waals surface area contributed by atoms with Gasteiger partial charge >= 0.3 is 5.97 Å². The number of hydrogen-bond acceptors (Lipinski definition) is 5. The molecule has 0 unspecified atom stereocenters. The molecule has 1 aliphatic rings. The lowest BCUT2D eigenvalue weighted by Crippen LogP contribution is -2.28. The van der Waals surface area contributed by atoms with Crippen LogP contribution in [0.2, 0.25) is 10.0 Å². The van der Waals surface area contributed by atoms with Crippen LogP contribution >= 0.6 is 47.2 Å². The average Bonchev–Trinajstić information content (AvgIpc) is 3.27. The van der Waals surface area contributed by atoms with Gasteiger partial charge in [-0.25, -0.2) is 4.79 Å². The first-order valence-electron chi connectivity index (χ1n) is 8.92. The summed E-state index contributed by atoms with van der Waals surface area (Å²) in [5, 5.41) is 10.2. The number of amides is 1. The number of halogens is 2. The Hall–Kier alpha value is -2.58. The number of nitrogens with zero attached hydrogens (tertiary/aromatic N) is 1. The van der Waals surface area contributed by atoms with Crippen molar-refractivity contribution in [3.05, 3.63) is 80.4 Å². The SMILES string of the molecule is Cc1ccc(C(=O)O)cc1N1C(=O)C(=Cc2ccc(-c3c(Cl)cccc3Cl)o2)SC1=S. The summed E-state index contributed by atoms with van der Waals surface area (Å²) in [4.78, 5) is 26.1.